The van der Waals surface area contributed by atoms with Gasteiger partial charge in [0.15, 0.2) is 16.3 Å². The number of thiazole rings is 1. The van der Waals surface area contributed by atoms with Crippen LogP contribution in [0.1, 0.15) is 50.8 Å². The molecule has 0 radical (unpaired) electrons. The highest BCUT2D eigenvalue weighted by molar-refractivity contribution is 9.10. The molecule has 3 aromatic rings. The Hall–Kier alpha value is -3.37. The lowest BCUT2D eigenvalue weighted by molar-refractivity contribution is -0.139. The minimum Gasteiger partial charge on any atom is -0.496 e. The molecule has 1 aromatic heterocycles. The van der Waals surface area contributed by atoms with E-state index in [1.807, 2.05) is 50.2 Å². The van der Waals surface area contributed by atoms with Crippen LogP contribution in [0.2, 0.25) is 0 Å². The highest BCUT2D eigenvalue weighted by atomic mass is 79.9. The van der Waals surface area contributed by atoms with Gasteiger partial charge in [-0.25, -0.2) is 9.79 Å². The van der Waals surface area contributed by atoms with E-state index >= 15 is 0 Å². The molecule has 39 heavy (non-hydrogen) atoms. The Bertz CT molecular complexity index is 1590. The summed E-state index contributed by atoms with van der Waals surface area (Å²) in [6, 6.07) is 10.3. The molecule has 1 aliphatic heterocycles. The Labute approximate surface area is 239 Å². The first-order valence-electron chi connectivity index (χ1n) is 12.7. The van der Waals surface area contributed by atoms with E-state index in [9.17, 15) is 9.59 Å². The summed E-state index contributed by atoms with van der Waals surface area (Å²) < 4.78 is 25.3. The lowest BCUT2D eigenvalue weighted by atomic mass is 9.93. The van der Waals surface area contributed by atoms with Crippen molar-refractivity contribution >= 4 is 39.3 Å². The Balaban J connectivity index is 2.05. The average Bonchev–Trinajstić information content (AvgIpc) is 3.23. The molecule has 0 N–H and O–H groups in total. The van der Waals surface area contributed by atoms with Crippen molar-refractivity contribution in [3.63, 3.8) is 0 Å². The Morgan fingerprint density at radius 1 is 1.10 bits per heavy atom. The molecule has 0 saturated heterocycles. The number of ether oxygens (including phenoxy) is 4. The molecule has 10 heteroatoms. The van der Waals surface area contributed by atoms with Gasteiger partial charge in [0.05, 0.1) is 43.2 Å². The van der Waals surface area contributed by atoms with E-state index < -0.39 is 12.0 Å². The molecule has 2 aromatic carbocycles. The maximum Gasteiger partial charge on any atom is 0.338 e. The number of rotatable bonds is 10. The summed E-state index contributed by atoms with van der Waals surface area (Å²) in [6.07, 6.45) is 3.09. The van der Waals surface area contributed by atoms with Gasteiger partial charge in [0, 0.05) is 15.6 Å². The van der Waals surface area contributed by atoms with Crippen LogP contribution in [0.25, 0.3) is 6.08 Å². The van der Waals surface area contributed by atoms with Crippen molar-refractivity contribution in [2.75, 3.05) is 27.4 Å². The van der Waals surface area contributed by atoms with Gasteiger partial charge >= 0.3 is 5.97 Å². The molecule has 0 spiro atoms. The summed E-state index contributed by atoms with van der Waals surface area (Å²) in [7, 11) is 3.14. The fraction of sp³-hybridized carbons (Fsp3) is 0.345. The summed E-state index contributed by atoms with van der Waals surface area (Å²) in [5, 5.41) is 0. The average molecular weight is 616 g/mol. The quantitative estimate of drug-likeness (QED) is 0.306. The molecule has 0 saturated carbocycles. The number of hydrogen-bond acceptors (Lipinski definition) is 8. The molecule has 2 heterocycles. The lowest BCUT2D eigenvalue weighted by Crippen LogP contribution is -2.40. The molecule has 0 aliphatic carbocycles. The number of allylic oxidation sites excluding steroid dienone is 1. The largest absolute Gasteiger partial charge is 0.496 e. The predicted octanol–water partition coefficient (Wildman–Crippen LogP) is 4.76. The summed E-state index contributed by atoms with van der Waals surface area (Å²) in [6.45, 7) is 6.31. The number of hydrogen-bond donors (Lipinski definition) is 0. The van der Waals surface area contributed by atoms with Gasteiger partial charge in [0.1, 0.15) is 11.8 Å². The first-order chi connectivity index (χ1) is 18.9. The number of carbonyl (C=O) groups excluding carboxylic acids is 1. The SMILES string of the molecule is CCCC1=C(C(=O)OCC)[C@@H](c2cc(Br)ccc2OC)n2c(s/c(=C/c3cccc(OC)c3OCC)c2=O)=N1. The van der Waals surface area contributed by atoms with Crippen molar-refractivity contribution in [3.05, 3.63) is 83.0 Å². The minimum atomic E-state index is -0.784. The normalized spacial score (nSPS) is 15.0. The number of esters is 1. The monoisotopic (exact) mass is 614 g/mol. The minimum absolute atomic E-state index is 0.199. The van der Waals surface area contributed by atoms with Gasteiger partial charge in [0.25, 0.3) is 5.56 Å². The number of carbonyl (C=O) groups is 1. The van der Waals surface area contributed by atoms with Gasteiger partial charge in [-0.1, -0.05) is 52.7 Å². The van der Waals surface area contributed by atoms with E-state index in [0.29, 0.717) is 62.0 Å². The summed E-state index contributed by atoms with van der Waals surface area (Å²) in [5.41, 5.74) is 2.02. The number of aromatic nitrogens is 1. The summed E-state index contributed by atoms with van der Waals surface area (Å²) in [4.78, 5) is 32.8. The predicted molar refractivity (Wildman–Crippen MR) is 154 cm³/mol. The number of nitrogens with zero attached hydrogens (tertiary/aromatic N) is 2. The van der Waals surface area contributed by atoms with Crippen LogP contribution in [0, 0.1) is 0 Å². The lowest BCUT2D eigenvalue weighted by Gasteiger charge is -2.27. The molecule has 0 unspecified atom stereocenters. The highest BCUT2D eigenvalue weighted by Gasteiger charge is 2.36. The van der Waals surface area contributed by atoms with E-state index in [1.54, 1.807) is 31.8 Å². The van der Waals surface area contributed by atoms with Crippen LogP contribution in [0.15, 0.2) is 61.9 Å². The van der Waals surface area contributed by atoms with Crippen LogP contribution in [0.3, 0.4) is 0 Å². The number of halogens is 1. The van der Waals surface area contributed by atoms with Gasteiger partial charge in [0.2, 0.25) is 0 Å². The van der Waals surface area contributed by atoms with E-state index in [4.69, 9.17) is 23.9 Å². The first-order valence-corrected chi connectivity index (χ1v) is 14.3. The van der Waals surface area contributed by atoms with Gasteiger partial charge in [-0.3, -0.25) is 9.36 Å². The molecular weight excluding hydrogens is 584 g/mol. The van der Waals surface area contributed by atoms with Crippen LogP contribution in [0.4, 0.5) is 0 Å². The highest BCUT2D eigenvalue weighted by Crippen LogP contribution is 2.38. The Kier molecular flexibility index (Phi) is 9.29. The molecule has 0 amide bonds. The molecule has 1 aliphatic rings. The molecule has 8 nitrogen and oxygen atoms in total. The van der Waals surface area contributed by atoms with Crippen molar-refractivity contribution < 1.29 is 23.7 Å². The van der Waals surface area contributed by atoms with Gasteiger partial charge in [-0.05, 0) is 50.6 Å². The molecular formula is C29H31BrN2O6S. The molecule has 0 bridgehead atoms. The van der Waals surface area contributed by atoms with Crippen LogP contribution in [0.5, 0.6) is 17.2 Å². The zero-order valence-corrected chi connectivity index (χ0v) is 25.0. The second-order valence-electron chi connectivity index (χ2n) is 8.61. The zero-order chi connectivity index (χ0) is 28.1. The molecule has 4 rings (SSSR count). The number of para-hydroxylation sites is 1. The fourth-order valence-corrected chi connectivity index (χ4v) is 5.97. The van der Waals surface area contributed by atoms with E-state index in [2.05, 4.69) is 15.9 Å². The van der Waals surface area contributed by atoms with Crippen molar-refractivity contribution in [2.24, 2.45) is 4.99 Å². The molecule has 0 fully saturated rings. The first kappa shape index (κ1) is 28.6. The third kappa shape index (κ3) is 5.67. The fourth-order valence-electron chi connectivity index (χ4n) is 4.58. The van der Waals surface area contributed by atoms with Crippen molar-refractivity contribution in [2.45, 2.75) is 39.7 Å². The van der Waals surface area contributed by atoms with Crippen LogP contribution >= 0.6 is 27.3 Å². The Morgan fingerprint density at radius 2 is 1.87 bits per heavy atom. The van der Waals surface area contributed by atoms with Gasteiger partial charge in [-0.15, -0.1) is 0 Å². The van der Waals surface area contributed by atoms with E-state index in [0.717, 1.165) is 10.9 Å². The van der Waals surface area contributed by atoms with Gasteiger partial charge < -0.3 is 18.9 Å². The van der Waals surface area contributed by atoms with Gasteiger partial charge in [-0.2, -0.15) is 0 Å². The van der Waals surface area contributed by atoms with Crippen LogP contribution in [-0.4, -0.2) is 38.0 Å². The topological polar surface area (TPSA) is 88.4 Å². The van der Waals surface area contributed by atoms with Crippen molar-refractivity contribution in [1.29, 1.82) is 0 Å². The summed E-state index contributed by atoms with van der Waals surface area (Å²) >= 11 is 4.80. The zero-order valence-electron chi connectivity index (χ0n) is 22.6. The number of fused-ring (bicyclic) bond motifs is 1. The summed E-state index contributed by atoms with van der Waals surface area (Å²) in [5.74, 6) is 1.17. The van der Waals surface area contributed by atoms with Crippen molar-refractivity contribution in [1.82, 2.24) is 4.57 Å². The maximum atomic E-state index is 14.1. The number of methoxy groups -OCH3 is 2. The molecule has 1 atom stereocenters. The third-order valence-electron chi connectivity index (χ3n) is 6.18. The molecule has 206 valence electrons. The third-order valence-corrected chi connectivity index (χ3v) is 7.66. The second kappa shape index (κ2) is 12.7. The maximum absolute atomic E-state index is 14.1. The standard InChI is InChI=1S/C29H31BrN2O6S/c1-6-10-20-24(28(34)38-8-3)25(19-16-18(30)13-14-21(19)35-4)32-27(33)23(39-29(32)31-20)15-17-11-9-12-22(36-5)26(17)37-7-2/h9,11-16,25H,6-8,10H2,1-5H3/b23-15+/t25-/m1/s1. The Morgan fingerprint density at radius 3 is 2.54 bits per heavy atom. The van der Waals surface area contributed by atoms with E-state index in [-0.39, 0.29) is 12.2 Å². The number of benzene rings is 2. The van der Waals surface area contributed by atoms with Crippen LogP contribution in [-0.2, 0) is 9.53 Å². The smallest absolute Gasteiger partial charge is 0.338 e. The van der Waals surface area contributed by atoms with Crippen molar-refractivity contribution in [3.8, 4) is 17.2 Å². The second-order valence-corrected chi connectivity index (χ2v) is 10.5. The van der Waals surface area contributed by atoms with Crippen LogP contribution < -0.4 is 29.1 Å². The van der Waals surface area contributed by atoms with E-state index in [1.165, 1.54) is 11.3 Å².